The number of benzene rings is 1. The number of amides is 2. The molecule has 1 aromatic rings. The number of hydrogen-bond acceptors (Lipinski definition) is 8. The zero-order chi connectivity index (χ0) is 21.8. The van der Waals surface area contributed by atoms with Gasteiger partial charge < -0.3 is 19.7 Å². The number of rotatable bonds is 5. The van der Waals surface area contributed by atoms with Crippen molar-refractivity contribution in [3.05, 3.63) is 29.3 Å². The van der Waals surface area contributed by atoms with E-state index >= 15 is 0 Å². The number of methoxy groups -OCH3 is 2. The van der Waals surface area contributed by atoms with Gasteiger partial charge in [0.1, 0.15) is 0 Å². The second-order valence-corrected chi connectivity index (χ2v) is 8.57. The molecular weight excluding hydrogens is 404 g/mol. The molecule has 0 bridgehead atoms. The molecule has 158 valence electrons. The summed E-state index contributed by atoms with van der Waals surface area (Å²) in [5.74, 6) is -3.73. The minimum atomic E-state index is -3.25. The van der Waals surface area contributed by atoms with Crippen LogP contribution in [0.3, 0.4) is 0 Å². The molecule has 1 aliphatic heterocycles. The maximum atomic E-state index is 12.6. The van der Waals surface area contributed by atoms with E-state index in [1.807, 2.05) is 0 Å². The molecule has 2 amide bonds. The van der Waals surface area contributed by atoms with E-state index in [1.165, 1.54) is 30.2 Å². The fourth-order valence-corrected chi connectivity index (χ4v) is 4.81. The Bertz CT molecular complexity index is 941. The van der Waals surface area contributed by atoms with Gasteiger partial charge in [-0.3, -0.25) is 9.59 Å². The van der Waals surface area contributed by atoms with Crippen LogP contribution in [-0.2, 0) is 28.9 Å². The van der Waals surface area contributed by atoms with Gasteiger partial charge in [0.25, 0.3) is 0 Å². The first-order chi connectivity index (χ1) is 13.6. The lowest BCUT2D eigenvalue weighted by Gasteiger charge is -2.26. The second-order valence-electron chi connectivity index (χ2n) is 6.35. The summed E-state index contributed by atoms with van der Waals surface area (Å²) >= 11 is 0. The third-order valence-corrected chi connectivity index (χ3v) is 6.29. The van der Waals surface area contributed by atoms with Crippen molar-refractivity contribution in [1.29, 1.82) is 0 Å². The summed E-state index contributed by atoms with van der Waals surface area (Å²) < 4.78 is 32.7. The number of ether oxygens (including phenoxy) is 2. The number of carbonyl (C=O) groups excluding carboxylic acids is 4. The number of nitrogens with zero attached hydrogens (tertiary/aromatic N) is 1. The number of sulfone groups is 1. The van der Waals surface area contributed by atoms with Crippen molar-refractivity contribution in [2.75, 3.05) is 37.6 Å². The van der Waals surface area contributed by atoms with Gasteiger partial charge in [-0.2, -0.15) is 0 Å². The highest BCUT2D eigenvalue weighted by molar-refractivity contribution is 7.91. The largest absolute Gasteiger partial charge is 0.465 e. The van der Waals surface area contributed by atoms with Gasteiger partial charge in [0.05, 0.1) is 42.5 Å². The van der Waals surface area contributed by atoms with E-state index in [0.717, 1.165) is 7.11 Å². The molecule has 1 aliphatic rings. The zero-order valence-electron chi connectivity index (χ0n) is 16.3. The van der Waals surface area contributed by atoms with Gasteiger partial charge >= 0.3 is 23.8 Å². The van der Waals surface area contributed by atoms with Crippen molar-refractivity contribution in [3.63, 3.8) is 0 Å². The molecule has 0 radical (unpaired) electrons. The highest BCUT2D eigenvalue weighted by atomic mass is 32.2. The van der Waals surface area contributed by atoms with E-state index in [0.29, 0.717) is 0 Å². The van der Waals surface area contributed by atoms with Gasteiger partial charge in [-0.1, -0.05) is 0 Å². The Morgan fingerprint density at radius 1 is 1.14 bits per heavy atom. The van der Waals surface area contributed by atoms with Crippen molar-refractivity contribution < 1.29 is 37.1 Å². The molecule has 0 spiro atoms. The van der Waals surface area contributed by atoms with Gasteiger partial charge in [0.2, 0.25) is 0 Å². The molecule has 1 N–H and O–H groups in total. The van der Waals surface area contributed by atoms with E-state index in [4.69, 9.17) is 0 Å². The van der Waals surface area contributed by atoms with Crippen LogP contribution in [0.25, 0.3) is 0 Å². The fourth-order valence-electron chi connectivity index (χ4n) is 3.08. The first kappa shape index (κ1) is 22.3. The van der Waals surface area contributed by atoms with E-state index in [9.17, 15) is 27.6 Å². The molecular formula is C18H22N2O8S. The summed E-state index contributed by atoms with van der Waals surface area (Å²) in [5, 5.41) is 2.32. The molecule has 0 saturated carbocycles. The molecule has 1 atom stereocenters. The molecule has 1 unspecified atom stereocenters. The molecule has 1 heterocycles. The molecule has 2 rings (SSSR count). The Kier molecular flexibility index (Phi) is 6.96. The highest BCUT2D eigenvalue weighted by Gasteiger charge is 2.36. The van der Waals surface area contributed by atoms with Crippen molar-refractivity contribution in [2.45, 2.75) is 19.4 Å². The van der Waals surface area contributed by atoms with Crippen LogP contribution in [-0.4, -0.2) is 75.4 Å². The molecule has 29 heavy (non-hydrogen) atoms. The fraction of sp³-hybridized carbons (Fsp3) is 0.444. The summed E-state index contributed by atoms with van der Waals surface area (Å²) in [6.07, 6.45) is 0.250. The summed E-state index contributed by atoms with van der Waals surface area (Å²) in [5.41, 5.74) is -0.113. The van der Waals surface area contributed by atoms with Crippen LogP contribution in [0.4, 0.5) is 5.69 Å². The molecule has 11 heteroatoms. The Morgan fingerprint density at radius 3 is 2.31 bits per heavy atom. The summed E-state index contributed by atoms with van der Waals surface area (Å²) in [6, 6.07) is 3.18. The molecule has 0 aromatic heterocycles. The van der Waals surface area contributed by atoms with Crippen LogP contribution in [0, 0.1) is 0 Å². The lowest BCUT2D eigenvalue weighted by Crippen LogP contribution is -2.46. The van der Waals surface area contributed by atoms with Gasteiger partial charge in [-0.05, 0) is 31.5 Å². The number of likely N-dealkylation sites (N-methyl/N-ethyl adjacent to an activating group) is 1. The number of anilines is 1. The smallest absolute Gasteiger partial charge is 0.339 e. The predicted octanol–water partition coefficient (Wildman–Crippen LogP) is 0.234. The Balaban J connectivity index is 2.28. The Morgan fingerprint density at radius 2 is 1.79 bits per heavy atom. The topological polar surface area (TPSA) is 136 Å². The summed E-state index contributed by atoms with van der Waals surface area (Å²) in [7, 11) is -0.927. The van der Waals surface area contributed by atoms with Gasteiger partial charge in [-0.25, -0.2) is 18.0 Å². The summed E-state index contributed by atoms with van der Waals surface area (Å²) in [6.45, 7) is 1.77. The quantitative estimate of drug-likeness (QED) is 0.522. The van der Waals surface area contributed by atoms with Crippen molar-refractivity contribution >= 4 is 39.3 Å². The molecule has 1 saturated heterocycles. The third kappa shape index (κ3) is 5.11. The van der Waals surface area contributed by atoms with Crippen LogP contribution in [0.1, 0.15) is 34.1 Å². The normalized spacial score (nSPS) is 17.3. The van der Waals surface area contributed by atoms with E-state index < -0.39 is 39.6 Å². The van der Waals surface area contributed by atoms with Crippen LogP contribution >= 0.6 is 0 Å². The molecule has 10 nitrogen and oxygen atoms in total. The maximum Gasteiger partial charge on any atom is 0.339 e. The lowest BCUT2D eigenvalue weighted by molar-refractivity contribution is -0.144. The number of nitrogens with one attached hydrogen (secondary N) is 1. The van der Waals surface area contributed by atoms with E-state index in [-0.39, 0.29) is 41.3 Å². The van der Waals surface area contributed by atoms with E-state index in [2.05, 4.69) is 14.8 Å². The Hall–Kier alpha value is -2.95. The number of hydrogen-bond donors (Lipinski definition) is 1. The number of esters is 2. The maximum absolute atomic E-state index is 12.6. The van der Waals surface area contributed by atoms with Crippen LogP contribution in [0.15, 0.2) is 18.2 Å². The second kappa shape index (κ2) is 9.03. The third-order valence-electron chi connectivity index (χ3n) is 4.54. The van der Waals surface area contributed by atoms with Gasteiger partial charge in [-0.15, -0.1) is 0 Å². The van der Waals surface area contributed by atoms with Crippen LogP contribution in [0.2, 0.25) is 0 Å². The molecule has 0 aliphatic carbocycles. The van der Waals surface area contributed by atoms with Crippen molar-refractivity contribution in [3.8, 4) is 0 Å². The highest BCUT2D eigenvalue weighted by Crippen LogP contribution is 2.21. The van der Waals surface area contributed by atoms with Gasteiger partial charge in [0, 0.05) is 12.6 Å². The average molecular weight is 426 g/mol. The average Bonchev–Trinajstić information content (AvgIpc) is 3.06. The van der Waals surface area contributed by atoms with Gasteiger partial charge in [0.15, 0.2) is 9.84 Å². The van der Waals surface area contributed by atoms with Crippen LogP contribution < -0.4 is 5.32 Å². The Labute approximate surface area is 168 Å². The first-order valence-electron chi connectivity index (χ1n) is 8.76. The van der Waals surface area contributed by atoms with Crippen molar-refractivity contribution in [2.24, 2.45) is 0 Å². The SMILES string of the molecule is CCN(C(=O)C(=O)Nc1cc(C(=O)OC)ccc1C(=O)OC)C1CCS(=O)(=O)C1. The van der Waals surface area contributed by atoms with Crippen molar-refractivity contribution in [1.82, 2.24) is 4.90 Å². The predicted molar refractivity (Wildman–Crippen MR) is 102 cm³/mol. The summed E-state index contributed by atoms with van der Waals surface area (Å²) in [4.78, 5) is 50.0. The van der Waals surface area contributed by atoms with E-state index in [1.54, 1.807) is 6.92 Å². The minimum absolute atomic E-state index is 0.0449. The zero-order valence-corrected chi connectivity index (χ0v) is 17.1. The number of carbonyl (C=O) groups is 4. The monoisotopic (exact) mass is 426 g/mol. The lowest BCUT2D eigenvalue weighted by atomic mass is 10.1. The molecule has 1 fully saturated rings. The first-order valence-corrected chi connectivity index (χ1v) is 10.6. The molecule has 1 aromatic carbocycles. The van der Waals surface area contributed by atoms with Crippen LogP contribution in [0.5, 0.6) is 0 Å². The minimum Gasteiger partial charge on any atom is -0.465 e. The standard InChI is InChI=1S/C18H22N2O8S/c1-4-20(12-7-8-29(25,26)10-12)16(22)15(21)19-14-9-11(17(23)27-2)5-6-13(14)18(24)28-3/h5-6,9,12H,4,7-8,10H2,1-3H3,(H,19,21).